The molecule has 6 nitrogen and oxygen atoms in total. The lowest BCUT2D eigenvalue weighted by molar-refractivity contribution is -0.137. The molecule has 2 rings (SSSR count). The average molecular weight is 270 g/mol. The van der Waals surface area contributed by atoms with Crippen LogP contribution in [0.3, 0.4) is 0 Å². The van der Waals surface area contributed by atoms with Crippen LogP contribution in [0.25, 0.3) is 0 Å². The number of urea groups is 1. The smallest absolute Gasteiger partial charge is 0.323 e. The van der Waals surface area contributed by atoms with Crippen molar-refractivity contribution in [3.63, 3.8) is 0 Å². The van der Waals surface area contributed by atoms with Crippen LogP contribution in [0.4, 0.5) is 4.79 Å². The molecule has 1 heterocycles. The molecule has 1 aliphatic heterocycles. The summed E-state index contributed by atoms with van der Waals surface area (Å²) in [5, 5.41) is 18.8. The number of carboxylic acid groups (broad SMARTS) is 1. The van der Waals surface area contributed by atoms with Gasteiger partial charge in [0.05, 0.1) is 5.60 Å². The van der Waals surface area contributed by atoms with Crippen LogP contribution in [0.1, 0.15) is 32.6 Å². The molecule has 2 fully saturated rings. The monoisotopic (exact) mass is 270 g/mol. The minimum atomic E-state index is -0.974. The third kappa shape index (κ3) is 4.09. The van der Waals surface area contributed by atoms with Gasteiger partial charge in [-0.3, -0.25) is 4.79 Å². The van der Waals surface area contributed by atoms with E-state index in [4.69, 9.17) is 5.11 Å². The summed E-state index contributed by atoms with van der Waals surface area (Å²) in [6.07, 6.45) is 3.25. The molecule has 19 heavy (non-hydrogen) atoms. The van der Waals surface area contributed by atoms with Crippen LogP contribution in [0.15, 0.2) is 0 Å². The Bertz CT molecular complexity index is 356. The van der Waals surface area contributed by atoms with Crippen LogP contribution in [-0.4, -0.2) is 63.8 Å². The van der Waals surface area contributed by atoms with E-state index in [1.54, 1.807) is 11.8 Å². The topological polar surface area (TPSA) is 81.1 Å². The number of carbonyl (C=O) groups excluding carboxylic acids is 1. The van der Waals surface area contributed by atoms with Crippen LogP contribution in [0.2, 0.25) is 0 Å². The second kappa shape index (κ2) is 5.36. The third-order valence-electron chi connectivity index (χ3n) is 3.88. The number of likely N-dealkylation sites (tertiary alicyclic amines) is 1. The first-order chi connectivity index (χ1) is 8.87. The van der Waals surface area contributed by atoms with E-state index in [1.807, 2.05) is 0 Å². The first kappa shape index (κ1) is 14.1. The van der Waals surface area contributed by atoms with Gasteiger partial charge in [-0.05, 0) is 38.5 Å². The van der Waals surface area contributed by atoms with Crippen molar-refractivity contribution in [3.05, 3.63) is 0 Å². The van der Waals surface area contributed by atoms with E-state index in [1.165, 1.54) is 4.90 Å². The summed E-state index contributed by atoms with van der Waals surface area (Å²) in [5.41, 5.74) is -0.703. The van der Waals surface area contributed by atoms with E-state index in [0.29, 0.717) is 38.4 Å². The highest BCUT2D eigenvalue weighted by molar-refractivity contribution is 5.80. The molecule has 108 valence electrons. The molecule has 6 heteroatoms. The van der Waals surface area contributed by atoms with Gasteiger partial charge in [0.1, 0.15) is 6.54 Å². The summed E-state index contributed by atoms with van der Waals surface area (Å²) in [6, 6.07) is -0.204. The molecule has 2 N–H and O–H groups in total. The lowest BCUT2D eigenvalue weighted by Gasteiger charge is -2.38. The number of hydrogen-bond acceptors (Lipinski definition) is 3. The molecule has 0 atom stereocenters. The number of aliphatic carboxylic acids is 1. The number of rotatable bonds is 4. The number of carbonyl (C=O) groups is 2. The zero-order chi connectivity index (χ0) is 14.0. The van der Waals surface area contributed by atoms with Crippen LogP contribution < -0.4 is 0 Å². The number of amides is 2. The van der Waals surface area contributed by atoms with Crippen LogP contribution in [0.5, 0.6) is 0 Å². The highest BCUT2D eigenvalue weighted by Crippen LogP contribution is 2.30. The van der Waals surface area contributed by atoms with E-state index in [-0.39, 0.29) is 12.6 Å². The fraction of sp³-hybridized carbons (Fsp3) is 0.846. The molecule has 2 aliphatic rings. The molecule has 0 spiro atoms. The number of carboxylic acids is 1. The van der Waals surface area contributed by atoms with E-state index in [0.717, 1.165) is 12.8 Å². The van der Waals surface area contributed by atoms with Gasteiger partial charge in [0.25, 0.3) is 0 Å². The molecule has 0 aromatic carbocycles. The second-order valence-electron chi connectivity index (χ2n) is 5.98. The minimum absolute atomic E-state index is 0.204. The Morgan fingerprint density at radius 1 is 1.32 bits per heavy atom. The van der Waals surface area contributed by atoms with Gasteiger partial charge >= 0.3 is 12.0 Å². The number of hydrogen-bond donors (Lipinski definition) is 2. The van der Waals surface area contributed by atoms with E-state index >= 15 is 0 Å². The standard InChI is InChI=1S/C13H22N2O4/c1-13(19)4-6-14(7-5-13)12(18)15(9-11(16)17)8-10-2-3-10/h10,19H,2-9H2,1H3,(H,16,17). The molecule has 0 aromatic rings. The number of piperidine rings is 1. The Morgan fingerprint density at radius 2 is 1.89 bits per heavy atom. The largest absolute Gasteiger partial charge is 0.480 e. The summed E-state index contributed by atoms with van der Waals surface area (Å²) in [4.78, 5) is 26.3. The zero-order valence-corrected chi connectivity index (χ0v) is 11.3. The minimum Gasteiger partial charge on any atom is -0.480 e. The van der Waals surface area contributed by atoms with Crippen molar-refractivity contribution in [3.8, 4) is 0 Å². The predicted octanol–water partition coefficient (Wildman–Crippen LogP) is 0.750. The second-order valence-corrected chi connectivity index (χ2v) is 5.98. The summed E-state index contributed by atoms with van der Waals surface area (Å²) < 4.78 is 0. The molecule has 1 aliphatic carbocycles. The summed E-state index contributed by atoms with van der Waals surface area (Å²) in [5.74, 6) is -0.505. The van der Waals surface area contributed by atoms with Crippen molar-refractivity contribution in [1.82, 2.24) is 9.80 Å². The normalized spacial score (nSPS) is 22.1. The first-order valence-corrected chi connectivity index (χ1v) is 6.85. The van der Waals surface area contributed by atoms with E-state index in [2.05, 4.69) is 0 Å². The fourth-order valence-electron chi connectivity index (χ4n) is 2.37. The van der Waals surface area contributed by atoms with Crippen molar-refractivity contribution in [2.45, 2.75) is 38.2 Å². The van der Waals surface area contributed by atoms with Crippen molar-refractivity contribution >= 4 is 12.0 Å². The predicted molar refractivity (Wildman–Crippen MR) is 68.8 cm³/mol. The SMILES string of the molecule is CC1(O)CCN(C(=O)N(CC(=O)O)CC2CC2)CC1. The molecule has 2 amide bonds. The average Bonchev–Trinajstić information content (AvgIpc) is 3.10. The maximum absolute atomic E-state index is 12.3. The van der Waals surface area contributed by atoms with Gasteiger partial charge in [0.15, 0.2) is 0 Å². The van der Waals surface area contributed by atoms with Crippen LogP contribution >= 0.6 is 0 Å². The van der Waals surface area contributed by atoms with Crippen molar-refractivity contribution < 1.29 is 19.8 Å². The maximum atomic E-state index is 12.3. The van der Waals surface area contributed by atoms with Gasteiger partial charge in [0, 0.05) is 19.6 Å². The number of nitrogens with zero attached hydrogens (tertiary/aromatic N) is 2. The summed E-state index contributed by atoms with van der Waals surface area (Å²) in [6.45, 7) is 3.06. The van der Waals surface area contributed by atoms with Gasteiger partial charge in [0.2, 0.25) is 0 Å². The van der Waals surface area contributed by atoms with Crippen molar-refractivity contribution in [2.24, 2.45) is 5.92 Å². The van der Waals surface area contributed by atoms with Gasteiger partial charge in [-0.15, -0.1) is 0 Å². The Hall–Kier alpha value is -1.30. The molecule has 0 aromatic heterocycles. The van der Waals surface area contributed by atoms with Crippen molar-refractivity contribution in [2.75, 3.05) is 26.2 Å². The lowest BCUT2D eigenvalue weighted by Crippen LogP contribution is -2.51. The fourth-order valence-corrected chi connectivity index (χ4v) is 2.37. The molecule has 0 unspecified atom stereocenters. The Labute approximate surface area is 113 Å². The van der Waals surface area contributed by atoms with Gasteiger partial charge < -0.3 is 20.0 Å². The molecule has 0 radical (unpaired) electrons. The van der Waals surface area contributed by atoms with Gasteiger partial charge in [-0.2, -0.15) is 0 Å². The summed E-state index contributed by atoms with van der Waals surface area (Å²) >= 11 is 0. The Morgan fingerprint density at radius 3 is 2.37 bits per heavy atom. The first-order valence-electron chi connectivity index (χ1n) is 6.85. The summed E-state index contributed by atoms with van der Waals surface area (Å²) in [7, 11) is 0. The highest BCUT2D eigenvalue weighted by Gasteiger charge is 2.34. The van der Waals surface area contributed by atoms with E-state index < -0.39 is 11.6 Å². The maximum Gasteiger partial charge on any atom is 0.323 e. The van der Waals surface area contributed by atoms with Gasteiger partial charge in [-0.25, -0.2) is 4.79 Å². The zero-order valence-electron chi connectivity index (χ0n) is 11.3. The quantitative estimate of drug-likeness (QED) is 0.790. The van der Waals surface area contributed by atoms with E-state index in [9.17, 15) is 14.7 Å². The molecule has 1 saturated carbocycles. The Kier molecular flexibility index (Phi) is 3.99. The third-order valence-corrected chi connectivity index (χ3v) is 3.88. The Balaban J connectivity index is 1.92. The molecular weight excluding hydrogens is 248 g/mol. The molecular formula is C13H22N2O4. The van der Waals surface area contributed by atoms with Crippen LogP contribution in [-0.2, 0) is 4.79 Å². The molecule has 1 saturated heterocycles. The highest BCUT2D eigenvalue weighted by atomic mass is 16.4. The van der Waals surface area contributed by atoms with Crippen molar-refractivity contribution in [1.29, 1.82) is 0 Å². The van der Waals surface area contributed by atoms with Gasteiger partial charge in [-0.1, -0.05) is 0 Å². The number of aliphatic hydroxyl groups is 1. The van der Waals surface area contributed by atoms with Crippen LogP contribution in [0, 0.1) is 5.92 Å². The lowest BCUT2D eigenvalue weighted by atomic mass is 9.94. The molecule has 0 bridgehead atoms.